The van der Waals surface area contributed by atoms with Crippen molar-refractivity contribution in [3.05, 3.63) is 67.1 Å². The number of carbonyl (C=O) groups is 2. The van der Waals surface area contributed by atoms with Gasteiger partial charge in [-0.15, -0.1) is 0 Å². The molecule has 0 saturated carbocycles. The second-order valence-electron chi connectivity index (χ2n) is 6.16. The second kappa shape index (κ2) is 11.1. The van der Waals surface area contributed by atoms with Crippen LogP contribution in [-0.2, 0) is 9.53 Å². The Morgan fingerprint density at radius 3 is 2.54 bits per heavy atom. The third-order valence-corrected chi connectivity index (χ3v) is 5.45. The molecule has 1 amide bonds. The highest BCUT2D eigenvalue weighted by atomic mass is 79.9. The number of ether oxygens (including phenoxy) is 1. The van der Waals surface area contributed by atoms with E-state index in [0.717, 1.165) is 18.4 Å². The third-order valence-electron chi connectivity index (χ3n) is 4.07. The molecule has 0 aliphatic rings. The molecule has 2 rings (SSSR count). The zero-order chi connectivity index (χ0) is 20.7. The summed E-state index contributed by atoms with van der Waals surface area (Å²) in [6.07, 6.45) is 1.77. The minimum Gasteiger partial charge on any atom is -0.452 e. The van der Waals surface area contributed by atoms with Crippen LogP contribution in [0.5, 0.6) is 0 Å². The highest BCUT2D eigenvalue weighted by Crippen LogP contribution is 2.30. The number of carbonyl (C=O) groups excluding carboxylic acids is 2. The Morgan fingerprint density at radius 2 is 1.86 bits per heavy atom. The monoisotopic (exact) mass is 505 g/mol. The first-order valence-electron chi connectivity index (χ1n) is 8.65. The molecule has 0 aliphatic carbocycles. The largest absolute Gasteiger partial charge is 0.452 e. The Balaban J connectivity index is 1.92. The number of benzene rings is 2. The Morgan fingerprint density at radius 1 is 1.11 bits per heavy atom. The van der Waals surface area contributed by atoms with Crippen molar-refractivity contribution in [1.29, 1.82) is 0 Å². The van der Waals surface area contributed by atoms with Gasteiger partial charge in [-0.25, -0.2) is 4.79 Å². The van der Waals surface area contributed by atoms with Crippen molar-refractivity contribution >= 4 is 62.6 Å². The molecule has 0 aromatic heterocycles. The van der Waals surface area contributed by atoms with Gasteiger partial charge in [0.2, 0.25) is 0 Å². The van der Waals surface area contributed by atoms with E-state index >= 15 is 0 Å². The first kappa shape index (κ1) is 23.0. The van der Waals surface area contributed by atoms with E-state index < -0.39 is 18.5 Å². The SMILES string of the molecule is CCC[C@H](CNC(=O)COC(=O)c1cc(Br)ccc1Cl)c1ccc(Cl)cc1Cl. The number of amides is 1. The van der Waals surface area contributed by atoms with Crippen molar-refractivity contribution in [3.63, 3.8) is 0 Å². The van der Waals surface area contributed by atoms with Crippen molar-refractivity contribution in [1.82, 2.24) is 5.32 Å². The zero-order valence-electron chi connectivity index (χ0n) is 15.1. The number of halogens is 4. The summed E-state index contributed by atoms with van der Waals surface area (Å²) in [7, 11) is 0. The smallest absolute Gasteiger partial charge is 0.340 e. The fourth-order valence-electron chi connectivity index (χ4n) is 2.70. The summed E-state index contributed by atoms with van der Waals surface area (Å²) in [6, 6.07) is 10.2. The standard InChI is InChI=1S/C20H19BrCl3NO3/c1-2-3-12(15-6-5-14(22)9-18(15)24)10-25-19(26)11-28-20(27)16-8-13(21)4-7-17(16)23/h4-9,12H,2-3,10-11H2,1H3,(H,25,26)/t12-/m1/s1. The first-order valence-corrected chi connectivity index (χ1v) is 10.6. The zero-order valence-corrected chi connectivity index (χ0v) is 19.0. The molecule has 1 N–H and O–H groups in total. The summed E-state index contributed by atoms with van der Waals surface area (Å²) in [6.45, 7) is 2.04. The Labute approximate surface area is 187 Å². The van der Waals surface area contributed by atoms with Crippen molar-refractivity contribution < 1.29 is 14.3 Å². The van der Waals surface area contributed by atoms with E-state index in [-0.39, 0.29) is 16.5 Å². The van der Waals surface area contributed by atoms with E-state index in [9.17, 15) is 9.59 Å². The van der Waals surface area contributed by atoms with Crippen LogP contribution in [0.1, 0.15) is 41.6 Å². The lowest BCUT2D eigenvalue weighted by Crippen LogP contribution is -2.32. The van der Waals surface area contributed by atoms with Crippen LogP contribution in [0.15, 0.2) is 40.9 Å². The van der Waals surface area contributed by atoms with E-state index in [1.807, 2.05) is 6.07 Å². The van der Waals surface area contributed by atoms with Crippen molar-refractivity contribution in [2.24, 2.45) is 0 Å². The highest BCUT2D eigenvalue weighted by Gasteiger charge is 2.17. The van der Waals surface area contributed by atoms with E-state index in [4.69, 9.17) is 39.5 Å². The van der Waals surface area contributed by atoms with Gasteiger partial charge in [0.1, 0.15) is 0 Å². The maximum atomic E-state index is 12.1. The summed E-state index contributed by atoms with van der Waals surface area (Å²) in [5.74, 6) is -1.02. The summed E-state index contributed by atoms with van der Waals surface area (Å²) >= 11 is 21.5. The average Bonchev–Trinajstić information content (AvgIpc) is 2.65. The lowest BCUT2D eigenvalue weighted by molar-refractivity contribution is -0.124. The maximum Gasteiger partial charge on any atom is 0.340 e. The predicted octanol–water partition coefficient (Wildman–Crippen LogP) is 6.27. The van der Waals surface area contributed by atoms with Crippen LogP contribution in [0.3, 0.4) is 0 Å². The lowest BCUT2D eigenvalue weighted by Gasteiger charge is -2.19. The minimum atomic E-state index is -0.660. The van der Waals surface area contributed by atoms with E-state index in [0.29, 0.717) is 21.1 Å². The van der Waals surface area contributed by atoms with Crippen LogP contribution in [0.2, 0.25) is 15.1 Å². The maximum absolute atomic E-state index is 12.1. The molecule has 0 aliphatic heterocycles. The Bertz CT molecular complexity index is 861. The second-order valence-corrected chi connectivity index (χ2v) is 8.32. The molecule has 2 aromatic carbocycles. The molecule has 0 fully saturated rings. The Kier molecular flexibility index (Phi) is 9.09. The fourth-order valence-corrected chi connectivity index (χ4v) is 3.82. The van der Waals surface area contributed by atoms with Crippen molar-refractivity contribution in [3.8, 4) is 0 Å². The van der Waals surface area contributed by atoms with E-state index in [1.54, 1.807) is 30.3 Å². The predicted molar refractivity (Wildman–Crippen MR) is 117 cm³/mol. The molecule has 0 unspecified atom stereocenters. The topological polar surface area (TPSA) is 55.4 Å². The van der Waals surface area contributed by atoms with Gasteiger partial charge in [-0.2, -0.15) is 0 Å². The number of nitrogens with one attached hydrogen (secondary N) is 1. The van der Waals surface area contributed by atoms with Gasteiger partial charge in [-0.3, -0.25) is 4.79 Å². The minimum absolute atomic E-state index is 0.0361. The van der Waals surface area contributed by atoms with Gasteiger partial charge in [0.15, 0.2) is 6.61 Å². The summed E-state index contributed by atoms with van der Waals surface area (Å²) in [4.78, 5) is 24.2. The highest BCUT2D eigenvalue weighted by molar-refractivity contribution is 9.10. The van der Waals surface area contributed by atoms with Gasteiger partial charge in [0.05, 0.1) is 10.6 Å². The molecular formula is C20H19BrCl3NO3. The van der Waals surface area contributed by atoms with Crippen molar-refractivity contribution in [2.75, 3.05) is 13.2 Å². The molecule has 28 heavy (non-hydrogen) atoms. The molecule has 0 spiro atoms. The normalized spacial score (nSPS) is 11.8. The molecule has 0 saturated heterocycles. The number of esters is 1. The molecule has 8 heteroatoms. The van der Waals surface area contributed by atoms with Gasteiger partial charge in [-0.05, 0) is 42.3 Å². The molecule has 1 atom stereocenters. The van der Waals surface area contributed by atoms with Gasteiger partial charge in [-0.1, -0.05) is 70.1 Å². The van der Waals surface area contributed by atoms with Crippen LogP contribution in [-0.4, -0.2) is 25.0 Å². The Hall–Kier alpha value is -1.27. The van der Waals surface area contributed by atoms with Gasteiger partial charge < -0.3 is 10.1 Å². The molecule has 0 bridgehead atoms. The summed E-state index contributed by atoms with van der Waals surface area (Å²) in [5, 5.41) is 4.18. The molecular weight excluding hydrogens is 488 g/mol. The van der Waals surface area contributed by atoms with Crippen LogP contribution >= 0.6 is 50.7 Å². The molecule has 0 heterocycles. The molecule has 4 nitrogen and oxygen atoms in total. The van der Waals surface area contributed by atoms with Crippen LogP contribution in [0.4, 0.5) is 0 Å². The van der Waals surface area contributed by atoms with Crippen LogP contribution < -0.4 is 5.32 Å². The van der Waals surface area contributed by atoms with Crippen molar-refractivity contribution in [2.45, 2.75) is 25.7 Å². The lowest BCUT2D eigenvalue weighted by atomic mass is 9.94. The number of hydrogen-bond donors (Lipinski definition) is 1. The van der Waals surface area contributed by atoms with Crippen LogP contribution in [0, 0.1) is 0 Å². The van der Waals surface area contributed by atoms with E-state index in [1.165, 1.54) is 0 Å². The third kappa shape index (κ3) is 6.66. The van der Waals surface area contributed by atoms with E-state index in [2.05, 4.69) is 28.2 Å². The van der Waals surface area contributed by atoms with Gasteiger partial charge >= 0.3 is 5.97 Å². The number of hydrogen-bond acceptors (Lipinski definition) is 3. The molecule has 0 radical (unpaired) electrons. The fraction of sp³-hybridized carbons (Fsp3) is 0.300. The molecule has 2 aromatic rings. The summed E-state index contributed by atoms with van der Waals surface area (Å²) < 4.78 is 5.75. The average molecular weight is 508 g/mol. The summed E-state index contributed by atoms with van der Waals surface area (Å²) in [5.41, 5.74) is 1.12. The number of rotatable bonds is 8. The molecule has 150 valence electrons. The van der Waals surface area contributed by atoms with Gasteiger partial charge in [0.25, 0.3) is 5.91 Å². The van der Waals surface area contributed by atoms with Gasteiger partial charge in [0, 0.05) is 27.0 Å². The van der Waals surface area contributed by atoms with Crippen LogP contribution in [0.25, 0.3) is 0 Å². The quantitative estimate of drug-likeness (QED) is 0.429. The first-order chi connectivity index (χ1) is 13.3.